The van der Waals surface area contributed by atoms with Gasteiger partial charge in [-0.2, -0.15) is 11.8 Å². The van der Waals surface area contributed by atoms with Crippen LogP contribution < -0.4 is 5.32 Å². The Balaban J connectivity index is 2.17. The van der Waals surface area contributed by atoms with E-state index in [2.05, 4.69) is 10.3 Å². The van der Waals surface area contributed by atoms with Crippen LogP contribution in [-0.4, -0.2) is 40.7 Å². The largest absolute Gasteiger partial charge is 0.396 e. The average molecular weight is 322 g/mol. The van der Waals surface area contributed by atoms with E-state index >= 15 is 0 Å². The summed E-state index contributed by atoms with van der Waals surface area (Å²) >= 11 is 1.62. The molecule has 3 N–H and O–H groups in total. The number of hydrogen-bond acceptors (Lipinski definition) is 3. The minimum absolute atomic E-state index is 0.0312. The van der Waals surface area contributed by atoms with E-state index in [0.29, 0.717) is 12.0 Å². The lowest BCUT2D eigenvalue weighted by molar-refractivity contribution is 0.0936. The molecule has 0 aliphatic heterocycles. The molecule has 1 atom stereocenters. The predicted octanol–water partition coefficient (Wildman–Crippen LogP) is 2.66. The first-order chi connectivity index (χ1) is 10.7. The number of carbonyl (C=O) groups excluding carboxylic acids is 1. The molecule has 4 nitrogen and oxygen atoms in total. The van der Waals surface area contributed by atoms with Gasteiger partial charge in [-0.05, 0) is 30.4 Å². The topological polar surface area (TPSA) is 65.1 Å². The Kier molecular flexibility index (Phi) is 6.03. The predicted molar refractivity (Wildman–Crippen MR) is 87.5 cm³/mol. The van der Waals surface area contributed by atoms with Gasteiger partial charge in [-0.3, -0.25) is 4.79 Å². The normalized spacial score (nSPS) is 12.1. The Morgan fingerprint density at radius 1 is 1.36 bits per heavy atom. The molecule has 0 aliphatic rings. The number of H-pyrrole nitrogens is 1. The van der Waals surface area contributed by atoms with Crippen LogP contribution >= 0.6 is 11.8 Å². The molecule has 0 spiro atoms. The summed E-state index contributed by atoms with van der Waals surface area (Å²) in [5.41, 5.74) is 2.01. The number of thioether (sulfide) groups is 1. The van der Waals surface area contributed by atoms with Crippen molar-refractivity contribution in [2.24, 2.45) is 0 Å². The van der Waals surface area contributed by atoms with Crippen LogP contribution in [0.3, 0.4) is 0 Å². The van der Waals surface area contributed by atoms with E-state index in [1.807, 2.05) is 6.26 Å². The number of carbonyl (C=O) groups is 1. The van der Waals surface area contributed by atoms with Crippen molar-refractivity contribution in [2.45, 2.75) is 12.5 Å². The van der Waals surface area contributed by atoms with Gasteiger partial charge >= 0.3 is 0 Å². The third-order valence-corrected chi connectivity index (χ3v) is 4.06. The summed E-state index contributed by atoms with van der Waals surface area (Å²) in [4.78, 5) is 15.4. The fraction of sp³-hybridized carbons (Fsp3) is 0.312. The molecule has 1 aromatic heterocycles. The number of halogens is 1. The summed E-state index contributed by atoms with van der Waals surface area (Å²) in [6.07, 6.45) is 5.82. The fourth-order valence-electron chi connectivity index (χ4n) is 2.24. The molecule has 0 saturated carbocycles. The van der Waals surface area contributed by atoms with E-state index in [9.17, 15) is 9.18 Å². The quantitative estimate of drug-likeness (QED) is 0.734. The van der Waals surface area contributed by atoms with Gasteiger partial charge in [0.15, 0.2) is 0 Å². The van der Waals surface area contributed by atoms with Crippen molar-refractivity contribution >= 4 is 17.7 Å². The summed E-state index contributed by atoms with van der Waals surface area (Å²) in [6.45, 7) is 0.0312. The fourth-order valence-corrected chi connectivity index (χ4v) is 2.89. The van der Waals surface area contributed by atoms with Gasteiger partial charge in [-0.15, -0.1) is 0 Å². The molecule has 0 aliphatic carbocycles. The molecule has 6 heteroatoms. The highest BCUT2D eigenvalue weighted by Crippen LogP contribution is 2.24. The van der Waals surface area contributed by atoms with Gasteiger partial charge in [0, 0.05) is 36.4 Å². The van der Waals surface area contributed by atoms with Gasteiger partial charge in [-0.1, -0.05) is 12.1 Å². The molecule has 2 aromatic rings. The van der Waals surface area contributed by atoms with Crippen molar-refractivity contribution in [3.63, 3.8) is 0 Å². The lowest BCUT2D eigenvalue weighted by Crippen LogP contribution is -2.37. The van der Waals surface area contributed by atoms with Crippen molar-refractivity contribution in [3.05, 3.63) is 48.0 Å². The Bertz CT molecular complexity index is 607. The molecule has 1 amide bonds. The van der Waals surface area contributed by atoms with Crippen molar-refractivity contribution in [1.29, 1.82) is 0 Å². The SMILES string of the molecule is CSCC(CCO)NC(=O)c1c[nH]cc1-c1ccc(F)cc1. The standard InChI is InChI=1S/C16H19FN2O2S/c1-22-10-13(6-7-20)19-16(21)15-9-18-8-14(15)11-2-4-12(17)5-3-11/h2-5,8-9,13,18,20H,6-7,10H2,1H3,(H,19,21). The molecule has 2 rings (SSSR count). The molecule has 0 fully saturated rings. The highest BCUT2D eigenvalue weighted by atomic mass is 32.2. The van der Waals surface area contributed by atoms with Crippen molar-refractivity contribution in [3.8, 4) is 11.1 Å². The summed E-state index contributed by atoms with van der Waals surface area (Å²) < 4.78 is 13.0. The molecular weight excluding hydrogens is 303 g/mol. The molecule has 22 heavy (non-hydrogen) atoms. The second-order valence-electron chi connectivity index (χ2n) is 4.93. The molecule has 0 bridgehead atoms. The zero-order valence-corrected chi connectivity index (χ0v) is 13.1. The van der Waals surface area contributed by atoms with Gasteiger partial charge in [0.1, 0.15) is 5.82 Å². The maximum Gasteiger partial charge on any atom is 0.253 e. The monoisotopic (exact) mass is 322 g/mol. The van der Waals surface area contributed by atoms with Crippen molar-refractivity contribution < 1.29 is 14.3 Å². The molecule has 0 saturated heterocycles. The van der Waals surface area contributed by atoms with E-state index in [1.165, 1.54) is 12.1 Å². The molecule has 0 radical (unpaired) electrons. The first kappa shape index (κ1) is 16.6. The maximum atomic E-state index is 13.0. The number of amides is 1. The molecule has 1 unspecified atom stereocenters. The van der Waals surface area contributed by atoms with Gasteiger partial charge in [-0.25, -0.2) is 4.39 Å². The molecular formula is C16H19FN2O2S. The van der Waals surface area contributed by atoms with Crippen LogP contribution in [-0.2, 0) is 0 Å². The average Bonchev–Trinajstić information content (AvgIpc) is 2.98. The Labute approximate surface area is 133 Å². The minimum atomic E-state index is -0.312. The van der Waals surface area contributed by atoms with E-state index in [1.54, 1.807) is 36.3 Å². The maximum absolute atomic E-state index is 13.0. The lowest BCUT2D eigenvalue weighted by atomic mass is 10.0. The Morgan fingerprint density at radius 2 is 2.09 bits per heavy atom. The number of rotatable bonds is 7. The number of aliphatic hydroxyl groups is 1. The van der Waals surface area contributed by atoms with E-state index in [4.69, 9.17) is 5.11 Å². The van der Waals surface area contributed by atoms with E-state index in [0.717, 1.165) is 16.9 Å². The van der Waals surface area contributed by atoms with Crippen LogP contribution in [0.15, 0.2) is 36.7 Å². The van der Waals surface area contributed by atoms with Crippen LogP contribution in [0.2, 0.25) is 0 Å². The van der Waals surface area contributed by atoms with Crippen LogP contribution in [0.1, 0.15) is 16.8 Å². The Hall–Kier alpha value is -1.79. The first-order valence-electron chi connectivity index (χ1n) is 6.99. The molecule has 118 valence electrons. The van der Waals surface area contributed by atoms with Gasteiger partial charge in [0.2, 0.25) is 0 Å². The number of aromatic nitrogens is 1. The zero-order chi connectivity index (χ0) is 15.9. The third kappa shape index (κ3) is 4.11. The number of aliphatic hydroxyl groups excluding tert-OH is 1. The number of nitrogens with one attached hydrogen (secondary N) is 2. The van der Waals surface area contributed by atoms with Crippen LogP contribution in [0.25, 0.3) is 11.1 Å². The molecule has 1 aromatic carbocycles. The van der Waals surface area contributed by atoms with Crippen molar-refractivity contribution in [1.82, 2.24) is 10.3 Å². The second-order valence-corrected chi connectivity index (χ2v) is 5.84. The van der Waals surface area contributed by atoms with Crippen LogP contribution in [0.5, 0.6) is 0 Å². The van der Waals surface area contributed by atoms with E-state index in [-0.39, 0.29) is 24.4 Å². The summed E-state index contributed by atoms with van der Waals surface area (Å²) in [5, 5.41) is 12.0. The number of aromatic amines is 1. The smallest absolute Gasteiger partial charge is 0.253 e. The van der Waals surface area contributed by atoms with Crippen molar-refractivity contribution in [2.75, 3.05) is 18.6 Å². The lowest BCUT2D eigenvalue weighted by Gasteiger charge is -2.16. The first-order valence-corrected chi connectivity index (χ1v) is 8.38. The van der Waals surface area contributed by atoms with Gasteiger partial charge < -0.3 is 15.4 Å². The highest BCUT2D eigenvalue weighted by molar-refractivity contribution is 7.98. The third-order valence-electron chi connectivity index (χ3n) is 3.33. The highest BCUT2D eigenvalue weighted by Gasteiger charge is 2.17. The number of benzene rings is 1. The minimum Gasteiger partial charge on any atom is -0.396 e. The van der Waals surface area contributed by atoms with Crippen LogP contribution in [0, 0.1) is 5.82 Å². The summed E-state index contributed by atoms with van der Waals surface area (Å²) in [6, 6.07) is 5.94. The van der Waals surface area contributed by atoms with Crippen LogP contribution in [0.4, 0.5) is 4.39 Å². The van der Waals surface area contributed by atoms with Gasteiger partial charge in [0.25, 0.3) is 5.91 Å². The number of hydrogen-bond donors (Lipinski definition) is 3. The second kappa shape index (κ2) is 8.00. The Morgan fingerprint density at radius 3 is 2.73 bits per heavy atom. The zero-order valence-electron chi connectivity index (χ0n) is 12.3. The summed E-state index contributed by atoms with van der Waals surface area (Å²) in [5.74, 6) is 0.226. The van der Waals surface area contributed by atoms with Gasteiger partial charge in [0.05, 0.1) is 5.56 Å². The molecule has 1 heterocycles. The summed E-state index contributed by atoms with van der Waals surface area (Å²) in [7, 11) is 0. The van der Waals surface area contributed by atoms with E-state index < -0.39 is 0 Å².